The standard InChI is InChI=1S/C22H20BrNO6/c1-4-28-22(26)16(12-24)10-15-5-8-19(20(11-15)27-3)30-21(25)13-29-17-6-7-18(23)14(2)9-17/h5-11H,4,13H2,1-3H3/b16-10+. The largest absolute Gasteiger partial charge is 0.493 e. The molecule has 0 N–H and O–H groups in total. The summed E-state index contributed by atoms with van der Waals surface area (Å²) in [7, 11) is 1.41. The van der Waals surface area contributed by atoms with Gasteiger partial charge in [0.1, 0.15) is 17.4 Å². The summed E-state index contributed by atoms with van der Waals surface area (Å²) in [5.41, 5.74) is 1.34. The Morgan fingerprint density at radius 2 is 1.93 bits per heavy atom. The van der Waals surface area contributed by atoms with Gasteiger partial charge in [-0.3, -0.25) is 0 Å². The zero-order valence-electron chi connectivity index (χ0n) is 16.7. The molecule has 0 aliphatic carbocycles. The Bertz CT molecular complexity index is 1010. The Balaban J connectivity index is 2.08. The van der Waals surface area contributed by atoms with Gasteiger partial charge in [-0.2, -0.15) is 5.26 Å². The fourth-order valence-electron chi connectivity index (χ4n) is 2.37. The van der Waals surface area contributed by atoms with Crippen LogP contribution in [-0.2, 0) is 14.3 Å². The van der Waals surface area contributed by atoms with E-state index in [4.69, 9.17) is 24.2 Å². The van der Waals surface area contributed by atoms with Crippen molar-refractivity contribution in [2.45, 2.75) is 13.8 Å². The normalized spacial score (nSPS) is 10.7. The molecule has 0 fully saturated rings. The number of hydrogen-bond donors (Lipinski definition) is 0. The summed E-state index contributed by atoms with van der Waals surface area (Å²) >= 11 is 3.40. The summed E-state index contributed by atoms with van der Waals surface area (Å²) in [6.45, 7) is 3.45. The number of nitriles is 1. The number of hydrogen-bond acceptors (Lipinski definition) is 7. The average Bonchev–Trinajstić information content (AvgIpc) is 2.73. The lowest BCUT2D eigenvalue weighted by atomic mass is 10.1. The molecule has 0 aliphatic rings. The SMILES string of the molecule is CCOC(=O)/C(C#N)=C/c1ccc(OC(=O)COc2ccc(Br)c(C)c2)c(OC)c1. The van der Waals surface area contributed by atoms with E-state index in [0.717, 1.165) is 10.0 Å². The van der Waals surface area contributed by atoms with Crippen LogP contribution in [0.25, 0.3) is 6.08 Å². The summed E-state index contributed by atoms with van der Waals surface area (Å²) in [5, 5.41) is 9.13. The van der Waals surface area contributed by atoms with Crippen molar-refractivity contribution >= 4 is 33.9 Å². The highest BCUT2D eigenvalue weighted by Crippen LogP contribution is 2.29. The van der Waals surface area contributed by atoms with E-state index in [1.54, 1.807) is 31.2 Å². The summed E-state index contributed by atoms with van der Waals surface area (Å²) in [5.74, 6) is -0.332. The first-order valence-electron chi connectivity index (χ1n) is 8.94. The van der Waals surface area contributed by atoms with Crippen LogP contribution in [0.4, 0.5) is 0 Å². The van der Waals surface area contributed by atoms with Crippen LogP contribution in [0.15, 0.2) is 46.4 Å². The zero-order valence-corrected chi connectivity index (χ0v) is 18.3. The van der Waals surface area contributed by atoms with Crippen LogP contribution in [0.3, 0.4) is 0 Å². The van der Waals surface area contributed by atoms with Crippen LogP contribution in [0.2, 0.25) is 0 Å². The highest BCUT2D eigenvalue weighted by atomic mass is 79.9. The number of aryl methyl sites for hydroxylation is 1. The number of methoxy groups -OCH3 is 1. The second kappa shape index (κ2) is 11.0. The van der Waals surface area contributed by atoms with E-state index in [2.05, 4.69) is 15.9 Å². The van der Waals surface area contributed by atoms with Crippen molar-refractivity contribution in [1.29, 1.82) is 5.26 Å². The van der Waals surface area contributed by atoms with Gasteiger partial charge in [-0.1, -0.05) is 22.0 Å². The third-order valence-electron chi connectivity index (χ3n) is 3.82. The summed E-state index contributed by atoms with van der Waals surface area (Å²) in [6, 6.07) is 11.8. The molecule has 0 amide bonds. The average molecular weight is 474 g/mol. The van der Waals surface area contributed by atoms with Crippen molar-refractivity contribution in [2.75, 3.05) is 20.3 Å². The number of carbonyl (C=O) groups is 2. The van der Waals surface area contributed by atoms with Gasteiger partial charge in [0.15, 0.2) is 18.1 Å². The zero-order chi connectivity index (χ0) is 22.1. The summed E-state index contributed by atoms with van der Waals surface area (Å²) in [4.78, 5) is 23.9. The fourth-order valence-corrected chi connectivity index (χ4v) is 2.62. The Labute approximate surface area is 182 Å². The highest BCUT2D eigenvalue weighted by Gasteiger charge is 2.14. The Morgan fingerprint density at radius 3 is 2.57 bits per heavy atom. The van der Waals surface area contributed by atoms with E-state index >= 15 is 0 Å². The van der Waals surface area contributed by atoms with Crippen LogP contribution in [-0.4, -0.2) is 32.3 Å². The lowest BCUT2D eigenvalue weighted by molar-refractivity contribution is -0.138. The summed E-state index contributed by atoms with van der Waals surface area (Å²) in [6.07, 6.45) is 1.37. The number of rotatable bonds is 8. The molecule has 0 aromatic heterocycles. The second-order valence-electron chi connectivity index (χ2n) is 5.97. The van der Waals surface area contributed by atoms with Gasteiger partial charge in [-0.15, -0.1) is 0 Å². The molecule has 2 rings (SSSR count). The van der Waals surface area contributed by atoms with Crippen LogP contribution in [0, 0.1) is 18.3 Å². The third kappa shape index (κ3) is 6.36. The van der Waals surface area contributed by atoms with Crippen molar-refractivity contribution in [1.82, 2.24) is 0 Å². The van der Waals surface area contributed by atoms with Gasteiger partial charge in [-0.25, -0.2) is 9.59 Å². The number of nitrogens with zero attached hydrogens (tertiary/aromatic N) is 1. The number of ether oxygens (including phenoxy) is 4. The minimum absolute atomic E-state index is 0.151. The first-order valence-corrected chi connectivity index (χ1v) is 9.73. The van der Waals surface area contributed by atoms with Crippen molar-refractivity contribution < 1.29 is 28.5 Å². The monoisotopic (exact) mass is 473 g/mol. The van der Waals surface area contributed by atoms with Crippen LogP contribution >= 0.6 is 15.9 Å². The minimum atomic E-state index is -0.713. The van der Waals surface area contributed by atoms with E-state index in [1.807, 2.05) is 13.0 Å². The predicted octanol–water partition coefficient (Wildman–Crippen LogP) is 4.22. The molecule has 0 bridgehead atoms. The van der Waals surface area contributed by atoms with Crippen LogP contribution in [0.5, 0.6) is 17.2 Å². The highest BCUT2D eigenvalue weighted by molar-refractivity contribution is 9.10. The molecule has 30 heavy (non-hydrogen) atoms. The van der Waals surface area contributed by atoms with E-state index in [-0.39, 0.29) is 30.3 Å². The van der Waals surface area contributed by atoms with Gasteiger partial charge in [0.2, 0.25) is 0 Å². The Morgan fingerprint density at radius 1 is 1.17 bits per heavy atom. The van der Waals surface area contributed by atoms with Crippen LogP contribution in [0.1, 0.15) is 18.1 Å². The smallest absolute Gasteiger partial charge is 0.349 e. The molecule has 2 aromatic rings. The van der Waals surface area contributed by atoms with Crippen molar-refractivity contribution in [3.05, 3.63) is 57.6 Å². The molecule has 7 nitrogen and oxygen atoms in total. The molecule has 0 radical (unpaired) electrons. The Hall–Kier alpha value is -3.31. The second-order valence-corrected chi connectivity index (χ2v) is 6.83. The fraction of sp³-hybridized carbons (Fsp3) is 0.227. The van der Waals surface area contributed by atoms with Gasteiger partial charge < -0.3 is 18.9 Å². The maximum atomic E-state index is 12.1. The number of carbonyl (C=O) groups excluding carboxylic acids is 2. The Kier molecular flexibility index (Phi) is 8.44. The molecule has 0 saturated carbocycles. The molecule has 0 atom stereocenters. The van der Waals surface area contributed by atoms with Gasteiger partial charge in [0.05, 0.1) is 13.7 Å². The van der Waals surface area contributed by atoms with Crippen LogP contribution < -0.4 is 14.2 Å². The first kappa shape index (κ1) is 23.0. The first-order chi connectivity index (χ1) is 14.4. The van der Waals surface area contributed by atoms with E-state index in [0.29, 0.717) is 11.3 Å². The van der Waals surface area contributed by atoms with E-state index in [9.17, 15) is 9.59 Å². The molecule has 0 aliphatic heterocycles. The third-order valence-corrected chi connectivity index (χ3v) is 4.71. The molecule has 0 spiro atoms. The molecular formula is C22H20BrNO6. The molecule has 156 valence electrons. The maximum absolute atomic E-state index is 12.1. The number of esters is 2. The maximum Gasteiger partial charge on any atom is 0.349 e. The van der Waals surface area contributed by atoms with Gasteiger partial charge in [0, 0.05) is 4.47 Å². The molecule has 0 unspecified atom stereocenters. The molecule has 0 saturated heterocycles. The molecule has 0 heterocycles. The summed E-state index contributed by atoms with van der Waals surface area (Å²) < 4.78 is 21.8. The van der Waals surface area contributed by atoms with Gasteiger partial charge >= 0.3 is 11.9 Å². The van der Waals surface area contributed by atoms with Crippen molar-refractivity contribution in [3.63, 3.8) is 0 Å². The lowest BCUT2D eigenvalue weighted by Crippen LogP contribution is -2.18. The minimum Gasteiger partial charge on any atom is -0.493 e. The van der Waals surface area contributed by atoms with Crippen molar-refractivity contribution in [2.24, 2.45) is 0 Å². The molecule has 2 aromatic carbocycles. The van der Waals surface area contributed by atoms with E-state index < -0.39 is 11.9 Å². The lowest BCUT2D eigenvalue weighted by Gasteiger charge is -2.11. The molecular weight excluding hydrogens is 454 g/mol. The van der Waals surface area contributed by atoms with Crippen molar-refractivity contribution in [3.8, 4) is 23.3 Å². The quantitative estimate of drug-likeness (QED) is 0.245. The van der Waals surface area contributed by atoms with E-state index in [1.165, 1.54) is 25.3 Å². The topological polar surface area (TPSA) is 94.9 Å². The molecule has 8 heteroatoms. The predicted molar refractivity (Wildman–Crippen MR) is 113 cm³/mol. The van der Waals surface area contributed by atoms with Gasteiger partial charge in [-0.05, 0) is 61.4 Å². The van der Waals surface area contributed by atoms with Gasteiger partial charge in [0.25, 0.3) is 0 Å². The number of halogens is 1. The number of benzene rings is 2.